The van der Waals surface area contributed by atoms with Crippen molar-refractivity contribution in [2.45, 2.75) is 25.7 Å². The lowest BCUT2D eigenvalue weighted by Crippen LogP contribution is -1.98. The SMILES string of the molecule is Oc1ccc2c(c1)CCc1ccc(c(O)c1)-c1ccc(O)cc1CCc1ccc-2c(O)c1. The zero-order chi connectivity index (χ0) is 22.2. The molecule has 0 aliphatic heterocycles. The van der Waals surface area contributed by atoms with Crippen LogP contribution in [0.15, 0.2) is 72.8 Å². The van der Waals surface area contributed by atoms with E-state index in [1.807, 2.05) is 36.4 Å². The first-order chi connectivity index (χ1) is 15.5. The van der Waals surface area contributed by atoms with Crippen LogP contribution in [-0.4, -0.2) is 20.4 Å². The van der Waals surface area contributed by atoms with Gasteiger partial charge in [0.15, 0.2) is 0 Å². The fraction of sp³-hybridized carbons (Fsp3) is 0.143. The molecule has 32 heavy (non-hydrogen) atoms. The number of phenols is 4. The van der Waals surface area contributed by atoms with Crippen molar-refractivity contribution in [3.63, 3.8) is 0 Å². The van der Waals surface area contributed by atoms with Gasteiger partial charge < -0.3 is 20.4 Å². The normalized spacial score (nSPS) is 13.0. The minimum atomic E-state index is 0.187. The molecule has 0 amide bonds. The molecule has 0 aromatic heterocycles. The number of hydrogen-bond acceptors (Lipinski definition) is 4. The fourth-order valence-corrected chi connectivity index (χ4v) is 4.58. The molecule has 4 aromatic rings. The largest absolute Gasteiger partial charge is 0.508 e. The average Bonchev–Trinajstić information content (AvgIpc) is 2.77. The molecule has 4 heteroatoms. The highest BCUT2D eigenvalue weighted by atomic mass is 16.3. The van der Waals surface area contributed by atoms with Gasteiger partial charge in [-0.15, -0.1) is 0 Å². The van der Waals surface area contributed by atoms with Gasteiger partial charge in [0.1, 0.15) is 23.0 Å². The number of phenolic OH excluding ortho intramolecular Hbond substituents is 4. The van der Waals surface area contributed by atoms with Crippen LogP contribution in [0.25, 0.3) is 22.3 Å². The third-order valence-corrected chi connectivity index (χ3v) is 6.25. The van der Waals surface area contributed by atoms with Crippen molar-refractivity contribution in [3.8, 4) is 45.3 Å². The van der Waals surface area contributed by atoms with Crippen LogP contribution in [-0.2, 0) is 25.7 Å². The van der Waals surface area contributed by atoms with Gasteiger partial charge in [0.2, 0.25) is 0 Å². The third-order valence-electron chi connectivity index (χ3n) is 6.25. The summed E-state index contributed by atoms with van der Waals surface area (Å²) in [6.07, 6.45) is 2.64. The van der Waals surface area contributed by atoms with E-state index in [9.17, 15) is 20.4 Å². The Morgan fingerprint density at radius 1 is 0.406 bits per heavy atom. The number of aromatic hydroxyl groups is 4. The Labute approximate surface area is 186 Å². The Kier molecular flexibility index (Phi) is 4.98. The summed E-state index contributed by atoms with van der Waals surface area (Å²) in [5, 5.41) is 41.7. The molecule has 0 atom stereocenters. The summed E-state index contributed by atoms with van der Waals surface area (Å²) < 4.78 is 0. The molecule has 0 fully saturated rings. The first-order valence-electron chi connectivity index (χ1n) is 10.8. The van der Waals surface area contributed by atoms with E-state index in [-0.39, 0.29) is 23.0 Å². The molecule has 0 saturated carbocycles. The van der Waals surface area contributed by atoms with Crippen molar-refractivity contribution in [1.29, 1.82) is 0 Å². The maximum atomic E-state index is 10.8. The molecule has 8 rings (SSSR count). The molecule has 0 unspecified atom stereocenters. The molecule has 160 valence electrons. The highest BCUT2D eigenvalue weighted by Crippen LogP contribution is 2.38. The lowest BCUT2D eigenvalue weighted by atomic mass is 9.90. The van der Waals surface area contributed by atoms with Gasteiger partial charge in [-0.1, -0.05) is 36.4 Å². The van der Waals surface area contributed by atoms with Crippen LogP contribution in [0, 0.1) is 0 Å². The molecule has 0 spiro atoms. The van der Waals surface area contributed by atoms with Gasteiger partial charge in [-0.3, -0.25) is 0 Å². The Hall–Kier alpha value is -3.92. The lowest BCUT2D eigenvalue weighted by molar-refractivity contribution is 0.472. The predicted molar refractivity (Wildman–Crippen MR) is 125 cm³/mol. The van der Waals surface area contributed by atoms with Crippen LogP contribution in [0.3, 0.4) is 0 Å². The van der Waals surface area contributed by atoms with E-state index in [1.54, 1.807) is 36.4 Å². The maximum absolute atomic E-state index is 10.8. The summed E-state index contributed by atoms with van der Waals surface area (Å²) in [6.45, 7) is 0. The Balaban J connectivity index is 1.67. The van der Waals surface area contributed by atoms with E-state index in [4.69, 9.17) is 0 Å². The smallest absolute Gasteiger partial charge is 0.123 e. The van der Waals surface area contributed by atoms with Crippen molar-refractivity contribution in [1.82, 2.24) is 0 Å². The molecule has 4 aromatic carbocycles. The van der Waals surface area contributed by atoms with Gasteiger partial charge in [-0.25, -0.2) is 0 Å². The second kappa shape index (κ2) is 7.97. The van der Waals surface area contributed by atoms with Crippen molar-refractivity contribution in [2.24, 2.45) is 0 Å². The van der Waals surface area contributed by atoms with E-state index in [0.29, 0.717) is 25.7 Å². The molecule has 4 N–H and O–H groups in total. The van der Waals surface area contributed by atoms with Crippen molar-refractivity contribution < 1.29 is 20.4 Å². The second-order valence-corrected chi connectivity index (χ2v) is 8.39. The molecule has 4 nitrogen and oxygen atoms in total. The molecule has 0 saturated heterocycles. The summed E-state index contributed by atoms with van der Waals surface area (Å²) in [5.74, 6) is 0.789. The van der Waals surface area contributed by atoms with Gasteiger partial charge in [0.25, 0.3) is 0 Å². The summed E-state index contributed by atoms with van der Waals surface area (Å²) in [4.78, 5) is 0. The first-order valence-corrected chi connectivity index (χ1v) is 10.8. The van der Waals surface area contributed by atoms with Gasteiger partial charge >= 0.3 is 0 Å². The monoisotopic (exact) mass is 424 g/mol. The van der Waals surface area contributed by atoms with Crippen LogP contribution < -0.4 is 0 Å². The van der Waals surface area contributed by atoms with Gasteiger partial charge in [0.05, 0.1) is 0 Å². The van der Waals surface area contributed by atoms with Crippen LogP contribution in [0.2, 0.25) is 0 Å². The molecule has 4 aliphatic carbocycles. The van der Waals surface area contributed by atoms with Gasteiger partial charge in [-0.05, 0) is 95.5 Å². The standard InChI is InChI=1S/C28H24O4/c29-21-7-11-23-19(15-21)5-1-17-3-9-25(27(31)13-17)24-12-8-22(30)16-20(24)6-2-18-4-10-26(23)28(32)14-18/h3-4,7-16,29-32H,1-2,5-6H2. The average molecular weight is 424 g/mol. The molecule has 4 bridgehead atoms. The molecule has 0 heterocycles. The highest BCUT2D eigenvalue weighted by molar-refractivity contribution is 5.76. The summed E-state index contributed by atoms with van der Waals surface area (Å²) in [6, 6.07) is 21.8. The van der Waals surface area contributed by atoms with E-state index in [2.05, 4.69) is 0 Å². The van der Waals surface area contributed by atoms with Crippen LogP contribution in [0.5, 0.6) is 23.0 Å². The Morgan fingerprint density at radius 3 is 1.22 bits per heavy atom. The summed E-state index contributed by atoms with van der Waals surface area (Å²) in [7, 11) is 0. The quantitative estimate of drug-likeness (QED) is 0.291. The van der Waals surface area contributed by atoms with Gasteiger partial charge in [0, 0.05) is 11.1 Å². The van der Waals surface area contributed by atoms with E-state index in [0.717, 1.165) is 44.5 Å². The highest BCUT2D eigenvalue weighted by Gasteiger charge is 2.15. The Morgan fingerprint density at radius 2 is 0.812 bits per heavy atom. The second-order valence-electron chi connectivity index (χ2n) is 8.39. The van der Waals surface area contributed by atoms with Crippen LogP contribution >= 0.6 is 0 Å². The molecule has 0 radical (unpaired) electrons. The number of benzene rings is 4. The third kappa shape index (κ3) is 3.76. The fourth-order valence-electron chi connectivity index (χ4n) is 4.58. The van der Waals surface area contributed by atoms with Crippen molar-refractivity contribution in [2.75, 3.05) is 0 Å². The number of aryl methyl sites for hydroxylation is 4. The first kappa shape index (κ1) is 20.0. The minimum Gasteiger partial charge on any atom is -0.508 e. The van der Waals surface area contributed by atoms with Crippen LogP contribution in [0.1, 0.15) is 22.3 Å². The summed E-state index contributed by atoms with van der Waals surface area (Å²) >= 11 is 0. The topological polar surface area (TPSA) is 80.9 Å². The zero-order valence-electron chi connectivity index (χ0n) is 17.5. The Bertz CT molecular complexity index is 1220. The minimum absolute atomic E-state index is 0.187. The van der Waals surface area contributed by atoms with Crippen LogP contribution in [0.4, 0.5) is 0 Å². The lowest BCUT2D eigenvalue weighted by Gasteiger charge is -2.16. The summed E-state index contributed by atoms with van der Waals surface area (Å²) in [5.41, 5.74) is 7.05. The van der Waals surface area contributed by atoms with Gasteiger partial charge in [-0.2, -0.15) is 0 Å². The van der Waals surface area contributed by atoms with Crippen molar-refractivity contribution >= 4 is 0 Å². The molecular weight excluding hydrogens is 400 g/mol. The number of hydrogen-bond donors (Lipinski definition) is 4. The van der Waals surface area contributed by atoms with Crippen molar-refractivity contribution in [3.05, 3.63) is 95.1 Å². The van der Waals surface area contributed by atoms with E-state index >= 15 is 0 Å². The molecule has 4 aliphatic rings. The van der Waals surface area contributed by atoms with E-state index in [1.165, 1.54) is 0 Å². The number of rotatable bonds is 0. The molecular formula is C28H24O4. The van der Waals surface area contributed by atoms with E-state index < -0.39 is 0 Å². The zero-order valence-corrected chi connectivity index (χ0v) is 17.5. The maximum Gasteiger partial charge on any atom is 0.123 e. The predicted octanol–water partition coefficient (Wildman–Crippen LogP) is 5.73.